The zero-order valence-electron chi connectivity index (χ0n) is 13.1. The first-order valence-corrected chi connectivity index (χ1v) is 9.45. The monoisotopic (exact) mass is 324 g/mol. The van der Waals surface area contributed by atoms with Crippen LogP contribution in [0, 0.1) is 13.8 Å². The number of aryl methyl sites for hydroxylation is 2. The van der Waals surface area contributed by atoms with Crippen molar-refractivity contribution >= 4 is 29.5 Å². The van der Waals surface area contributed by atoms with E-state index < -0.39 is 0 Å². The third-order valence-electron chi connectivity index (χ3n) is 3.91. The second-order valence-corrected chi connectivity index (χ2v) is 8.14. The van der Waals surface area contributed by atoms with Gasteiger partial charge in [-0.15, -0.1) is 23.5 Å². The minimum atomic E-state index is -0.110. The Morgan fingerprint density at radius 2 is 1.95 bits per heavy atom. The van der Waals surface area contributed by atoms with Crippen molar-refractivity contribution in [1.29, 1.82) is 0 Å². The molecule has 1 aromatic rings. The lowest BCUT2D eigenvalue weighted by atomic mass is 10.00. The molecular weight excluding hydrogens is 300 g/mol. The quantitative estimate of drug-likeness (QED) is 0.739. The molecule has 1 aliphatic carbocycles. The van der Waals surface area contributed by atoms with Crippen molar-refractivity contribution in [2.24, 2.45) is 0 Å². The molecule has 0 spiro atoms. The van der Waals surface area contributed by atoms with Crippen LogP contribution >= 0.6 is 23.5 Å². The maximum Gasteiger partial charge on any atom is 0.315 e. The Labute approximate surface area is 136 Å². The van der Waals surface area contributed by atoms with Gasteiger partial charge >= 0.3 is 5.97 Å². The number of ether oxygens (including phenoxy) is 1. The van der Waals surface area contributed by atoms with E-state index in [-0.39, 0.29) is 5.97 Å². The Balaban J connectivity index is 2.01. The lowest BCUT2D eigenvalue weighted by Crippen LogP contribution is -2.26. The summed E-state index contributed by atoms with van der Waals surface area (Å²) in [6.45, 7) is 4.33. The molecule has 116 valence electrons. The molecule has 21 heavy (non-hydrogen) atoms. The largest absolute Gasteiger partial charge is 0.468 e. The smallest absolute Gasteiger partial charge is 0.315 e. The summed E-state index contributed by atoms with van der Waals surface area (Å²) in [5, 5.41) is 1.16. The lowest BCUT2D eigenvalue weighted by Gasteiger charge is -2.30. The van der Waals surface area contributed by atoms with Crippen molar-refractivity contribution in [1.82, 2.24) is 0 Å². The van der Waals surface area contributed by atoms with Gasteiger partial charge in [0.25, 0.3) is 0 Å². The average Bonchev–Trinajstić information content (AvgIpc) is 2.49. The van der Waals surface area contributed by atoms with Crippen LogP contribution in [0.3, 0.4) is 0 Å². The molecule has 0 aromatic heterocycles. The molecule has 0 amide bonds. The van der Waals surface area contributed by atoms with Crippen molar-refractivity contribution < 1.29 is 9.53 Å². The van der Waals surface area contributed by atoms with E-state index >= 15 is 0 Å². The average molecular weight is 325 g/mol. The number of carbonyl (C=O) groups excluding carboxylic acids is 1. The summed E-state index contributed by atoms with van der Waals surface area (Å²) >= 11 is 3.77. The van der Waals surface area contributed by atoms with Crippen LogP contribution in [-0.2, 0) is 9.53 Å². The molecule has 1 fully saturated rings. The summed E-state index contributed by atoms with van der Waals surface area (Å²) in [6, 6.07) is 6.66. The lowest BCUT2D eigenvalue weighted by molar-refractivity contribution is -0.137. The Morgan fingerprint density at radius 1 is 1.24 bits per heavy atom. The number of carbonyl (C=O) groups is 1. The summed E-state index contributed by atoms with van der Waals surface area (Å²) in [7, 11) is 1.46. The molecule has 0 bridgehead atoms. The third kappa shape index (κ3) is 4.96. The molecule has 2 rings (SSSR count). The Hall–Kier alpha value is -0.610. The fraction of sp³-hybridized carbons (Fsp3) is 0.588. The molecule has 1 aliphatic rings. The van der Waals surface area contributed by atoms with E-state index in [1.807, 2.05) is 11.8 Å². The van der Waals surface area contributed by atoms with E-state index in [0.29, 0.717) is 16.3 Å². The summed E-state index contributed by atoms with van der Waals surface area (Å²) in [4.78, 5) is 12.8. The van der Waals surface area contributed by atoms with Crippen LogP contribution in [0.25, 0.3) is 0 Å². The fourth-order valence-electron chi connectivity index (χ4n) is 2.62. The second kappa shape index (κ2) is 8.14. The van der Waals surface area contributed by atoms with E-state index in [0.717, 1.165) is 0 Å². The van der Waals surface area contributed by atoms with Crippen LogP contribution in [0.4, 0.5) is 0 Å². The topological polar surface area (TPSA) is 26.3 Å². The molecule has 4 heteroatoms. The van der Waals surface area contributed by atoms with Crippen molar-refractivity contribution in [3.05, 3.63) is 29.3 Å². The first-order valence-electron chi connectivity index (χ1n) is 7.52. The molecule has 0 saturated heterocycles. The predicted molar refractivity (Wildman–Crippen MR) is 92.3 cm³/mol. The maximum atomic E-state index is 11.4. The van der Waals surface area contributed by atoms with Gasteiger partial charge in [-0.1, -0.05) is 30.5 Å². The number of thioether (sulfide) groups is 2. The van der Waals surface area contributed by atoms with Gasteiger partial charge in [0.15, 0.2) is 0 Å². The highest BCUT2D eigenvalue weighted by molar-refractivity contribution is 8.04. The highest BCUT2D eigenvalue weighted by Crippen LogP contribution is 2.40. The molecule has 1 saturated carbocycles. The normalized spacial score (nSPS) is 22.0. The molecule has 2 atom stereocenters. The minimum absolute atomic E-state index is 0.110. The fourth-order valence-corrected chi connectivity index (χ4v) is 5.58. The Kier molecular flexibility index (Phi) is 6.49. The molecule has 2 nitrogen and oxygen atoms in total. The summed E-state index contributed by atoms with van der Waals surface area (Å²) in [6.07, 6.45) is 5.04. The minimum Gasteiger partial charge on any atom is -0.468 e. The second-order valence-electron chi connectivity index (χ2n) is 5.64. The van der Waals surface area contributed by atoms with Gasteiger partial charge < -0.3 is 4.74 Å². The van der Waals surface area contributed by atoms with Gasteiger partial charge in [-0.05, 0) is 38.3 Å². The molecular formula is C17H24O2S2. The van der Waals surface area contributed by atoms with Crippen molar-refractivity contribution in [2.45, 2.75) is 54.9 Å². The number of methoxy groups -OCH3 is 1. The molecule has 0 N–H and O–H groups in total. The van der Waals surface area contributed by atoms with Crippen LogP contribution in [0.5, 0.6) is 0 Å². The Bertz CT molecular complexity index is 488. The summed E-state index contributed by atoms with van der Waals surface area (Å²) in [5.41, 5.74) is 2.67. The van der Waals surface area contributed by atoms with Crippen LogP contribution < -0.4 is 0 Å². The number of hydrogen-bond donors (Lipinski definition) is 0. The van der Waals surface area contributed by atoms with Crippen LogP contribution in [0.15, 0.2) is 23.1 Å². The molecule has 0 aliphatic heterocycles. The zero-order chi connectivity index (χ0) is 15.2. The first-order chi connectivity index (χ1) is 10.1. The summed E-state index contributed by atoms with van der Waals surface area (Å²) in [5.74, 6) is 0.367. The highest BCUT2D eigenvalue weighted by Gasteiger charge is 2.27. The number of esters is 1. The SMILES string of the molecule is COC(=O)CS[C@@H]1CCCC[C@H]1Sc1cc(C)ccc1C. The van der Waals surface area contributed by atoms with Crippen LogP contribution in [-0.4, -0.2) is 29.3 Å². The van der Waals surface area contributed by atoms with Gasteiger partial charge in [0, 0.05) is 15.4 Å². The van der Waals surface area contributed by atoms with E-state index in [1.54, 1.807) is 11.8 Å². The zero-order valence-corrected chi connectivity index (χ0v) is 14.7. The van der Waals surface area contributed by atoms with Gasteiger partial charge in [-0.2, -0.15) is 0 Å². The highest BCUT2D eigenvalue weighted by atomic mass is 32.2. The maximum absolute atomic E-state index is 11.4. The molecule has 0 heterocycles. The van der Waals surface area contributed by atoms with E-state index in [4.69, 9.17) is 4.74 Å². The van der Waals surface area contributed by atoms with Crippen molar-refractivity contribution in [3.8, 4) is 0 Å². The Morgan fingerprint density at radius 3 is 2.67 bits per heavy atom. The first kappa shape index (κ1) is 16.8. The van der Waals surface area contributed by atoms with E-state index in [2.05, 4.69) is 32.0 Å². The van der Waals surface area contributed by atoms with Gasteiger partial charge in [0.2, 0.25) is 0 Å². The number of rotatable bonds is 5. The van der Waals surface area contributed by atoms with Crippen LogP contribution in [0.1, 0.15) is 36.8 Å². The molecule has 0 radical (unpaired) electrons. The number of benzene rings is 1. The summed E-state index contributed by atoms with van der Waals surface area (Å²) < 4.78 is 4.76. The number of hydrogen-bond acceptors (Lipinski definition) is 4. The van der Waals surface area contributed by atoms with Crippen molar-refractivity contribution in [2.75, 3.05) is 12.9 Å². The molecule has 1 aromatic carbocycles. The van der Waals surface area contributed by atoms with E-state index in [9.17, 15) is 4.79 Å². The van der Waals surface area contributed by atoms with Gasteiger partial charge in [0.1, 0.15) is 0 Å². The standard InChI is InChI=1S/C17H24O2S2/c1-12-8-9-13(2)16(10-12)21-15-7-5-4-6-14(15)20-11-17(18)19-3/h8-10,14-15H,4-7,11H2,1-3H3/t14-,15-/m1/s1. The van der Waals surface area contributed by atoms with Crippen LogP contribution in [0.2, 0.25) is 0 Å². The van der Waals surface area contributed by atoms with E-state index in [1.165, 1.54) is 48.8 Å². The molecule has 0 unspecified atom stereocenters. The van der Waals surface area contributed by atoms with Gasteiger partial charge in [0.05, 0.1) is 12.9 Å². The van der Waals surface area contributed by atoms with Crippen molar-refractivity contribution in [3.63, 3.8) is 0 Å². The predicted octanol–water partition coefficient (Wildman–Crippen LogP) is 4.61. The van der Waals surface area contributed by atoms with Gasteiger partial charge in [-0.25, -0.2) is 0 Å². The third-order valence-corrected chi connectivity index (χ3v) is 7.03. The van der Waals surface area contributed by atoms with Gasteiger partial charge in [-0.3, -0.25) is 4.79 Å².